The summed E-state index contributed by atoms with van der Waals surface area (Å²) in [6.45, 7) is 4.02. The van der Waals surface area contributed by atoms with Gasteiger partial charge in [-0.25, -0.2) is 0 Å². The van der Waals surface area contributed by atoms with Crippen LogP contribution in [-0.2, 0) is 0 Å². The minimum Gasteiger partial charge on any atom is -0.494 e. The first-order valence-corrected chi connectivity index (χ1v) is 7.86. The molecule has 0 heterocycles. The fraction of sp³-hybridized carbons (Fsp3) is 0.647. The average molecular weight is 277 g/mol. The van der Waals surface area contributed by atoms with Gasteiger partial charge in [0.15, 0.2) is 0 Å². The molecule has 2 rings (SSSR count). The summed E-state index contributed by atoms with van der Waals surface area (Å²) < 4.78 is 5.58. The maximum absolute atomic E-state index is 9.70. The van der Waals surface area contributed by atoms with Crippen LogP contribution in [0.25, 0.3) is 0 Å². The zero-order chi connectivity index (χ0) is 14.3. The molecule has 2 N–H and O–H groups in total. The summed E-state index contributed by atoms with van der Waals surface area (Å²) >= 11 is 0. The van der Waals surface area contributed by atoms with Crippen molar-refractivity contribution in [1.29, 1.82) is 0 Å². The molecule has 1 fully saturated rings. The van der Waals surface area contributed by atoms with Crippen molar-refractivity contribution in [1.82, 2.24) is 0 Å². The van der Waals surface area contributed by atoms with E-state index in [4.69, 9.17) is 4.74 Å². The van der Waals surface area contributed by atoms with Crippen LogP contribution in [0.5, 0.6) is 5.75 Å². The Balaban J connectivity index is 1.86. The van der Waals surface area contributed by atoms with Gasteiger partial charge in [-0.1, -0.05) is 26.2 Å². The lowest BCUT2D eigenvalue weighted by molar-refractivity contribution is 0.0944. The van der Waals surface area contributed by atoms with E-state index in [-0.39, 0.29) is 12.0 Å². The number of rotatable bonds is 7. The predicted octanol–water partition coefficient (Wildman–Crippen LogP) is 3.83. The third kappa shape index (κ3) is 4.14. The molecule has 3 nitrogen and oxygen atoms in total. The molecule has 1 aliphatic carbocycles. The maximum atomic E-state index is 9.70. The smallest absolute Gasteiger partial charge is 0.119 e. The molecule has 1 aliphatic rings. The molecule has 0 spiro atoms. The molecule has 0 saturated heterocycles. The van der Waals surface area contributed by atoms with Crippen molar-refractivity contribution in [3.8, 4) is 5.75 Å². The number of hydrogen-bond acceptors (Lipinski definition) is 3. The van der Waals surface area contributed by atoms with E-state index in [0.717, 1.165) is 43.9 Å². The summed E-state index contributed by atoms with van der Waals surface area (Å²) in [6, 6.07) is 8.12. The Morgan fingerprint density at radius 3 is 2.45 bits per heavy atom. The van der Waals surface area contributed by atoms with Gasteiger partial charge < -0.3 is 15.2 Å². The van der Waals surface area contributed by atoms with Crippen molar-refractivity contribution >= 4 is 5.69 Å². The van der Waals surface area contributed by atoms with Crippen LogP contribution in [0.1, 0.15) is 45.4 Å². The standard InChI is InChI=1S/C17H27NO2/c1-2-12-20-16-8-6-15(7-9-16)18-13-17(14-19)10-4-3-5-11-17/h6-9,18-19H,2-5,10-14H2,1H3. The molecule has 20 heavy (non-hydrogen) atoms. The molecule has 1 aromatic rings. The second-order valence-electron chi connectivity index (χ2n) is 5.95. The van der Waals surface area contributed by atoms with Crippen molar-refractivity contribution in [2.45, 2.75) is 45.4 Å². The SMILES string of the molecule is CCCOc1ccc(NCC2(CO)CCCCC2)cc1. The normalized spacial score (nSPS) is 17.7. The van der Waals surface area contributed by atoms with Gasteiger partial charge in [-0.05, 0) is 43.5 Å². The van der Waals surface area contributed by atoms with Crippen LogP contribution in [0, 0.1) is 5.41 Å². The summed E-state index contributed by atoms with van der Waals surface area (Å²) in [5.74, 6) is 0.923. The van der Waals surface area contributed by atoms with E-state index in [1.165, 1.54) is 19.3 Å². The fourth-order valence-electron chi connectivity index (χ4n) is 2.87. The van der Waals surface area contributed by atoms with Gasteiger partial charge in [-0.2, -0.15) is 0 Å². The molecule has 0 bridgehead atoms. The lowest BCUT2D eigenvalue weighted by Crippen LogP contribution is -2.35. The van der Waals surface area contributed by atoms with Gasteiger partial charge in [0, 0.05) is 17.6 Å². The molecule has 1 aromatic carbocycles. The van der Waals surface area contributed by atoms with E-state index < -0.39 is 0 Å². The lowest BCUT2D eigenvalue weighted by Gasteiger charge is -2.36. The summed E-state index contributed by atoms with van der Waals surface area (Å²) in [5.41, 5.74) is 1.18. The topological polar surface area (TPSA) is 41.5 Å². The van der Waals surface area contributed by atoms with E-state index in [1.54, 1.807) is 0 Å². The number of aliphatic hydroxyl groups is 1. The molecule has 112 valence electrons. The molecule has 0 aromatic heterocycles. The van der Waals surface area contributed by atoms with E-state index in [1.807, 2.05) is 12.1 Å². The molecule has 0 amide bonds. The highest BCUT2D eigenvalue weighted by atomic mass is 16.5. The summed E-state index contributed by atoms with van der Waals surface area (Å²) in [7, 11) is 0. The van der Waals surface area contributed by atoms with Gasteiger partial charge in [0.05, 0.1) is 13.2 Å². The Bertz CT molecular complexity index is 382. The summed E-state index contributed by atoms with van der Waals surface area (Å²) in [5, 5.41) is 13.2. The van der Waals surface area contributed by atoms with E-state index >= 15 is 0 Å². The number of ether oxygens (including phenoxy) is 1. The molecular weight excluding hydrogens is 250 g/mol. The molecule has 3 heteroatoms. The first kappa shape index (κ1) is 15.2. The van der Waals surface area contributed by atoms with E-state index in [9.17, 15) is 5.11 Å². The zero-order valence-electron chi connectivity index (χ0n) is 12.5. The van der Waals surface area contributed by atoms with Gasteiger partial charge in [0.25, 0.3) is 0 Å². The van der Waals surface area contributed by atoms with Crippen molar-refractivity contribution in [3.63, 3.8) is 0 Å². The maximum Gasteiger partial charge on any atom is 0.119 e. The Morgan fingerprint density at radius 2 is 1.85 bits per heavy atom. The van der Waals surface area contributed by atoms with E-state index in [2.05, 4.69) is 24.4 Å². The number of anilines is 1. The molecule has 0 aliphatic heterocycles. The summed E-state index contributed by atoms with van der Waals surface area (Å²) in [4.78, 5) is 0. The van der Waals surface area contributed by atoms with Crippen molar-refractivity contribution in [2.75, 3.05) is 25.1 Å². The predicted molar refractivity (Wildman–Crippen MR) is 83.3 cm³/mol. The molecule has 0 radical (unpaired) electrons. The van der Waals surface area contributed by atoms with Crippen LogP contribution in [-0.4, -0.2) is 24.9 Å². The molecule has 1 saturated carbocycles. The van der Waals surface area contributed by atoms with Crippen molar-refractivity contribution in [3.05, 3.63) is 24.3 Å². The number of aliphatic hydroxyl groups excluding tert-OH is 1. The minimum absolute atomic E-state index is 0.0790. The van der Waals surface area contributed by atoms with Crippen LogP contribution in [0.3, 0.4) is 0 Å². The molecule has 0 atom stereocenters. The largest absolute Gasteiger partial charge is 0.494 e. The molecule has 0 unspecified atom stereocenters. The highest BCUT2D eigenvalue weighted by molar-refractivity contribution is 5.46. The van der Waals surface area contributed by atoms with Crippen LogP contribution in [0.2, 0.25) is 0 Å². The van der Waals surface area contributed by atoms with Gasteiger partial charge in [-0.3, -0.25) is 0 Å². The van der Waals surface area contributed by atoms with Crippen LogP contribution in [0.4, 0.5) is 5.69 Å². The van der Waals surface area contributed by atoms with Crippen LogP contribution < -0.4 is 10.1 Å². The van der Waals surface area contributed by atoms with Gasteiger partial charge in [0.2, 0.25) is 0 Å². The van der Waals surface area contributed by atoms with Gasteiger partial charge >= 0.3 is 0 Å². The Morgan fingerprint density at radius 1 is 1.15 bits per heavy atom. The second kappa shape index (κ2) is 7.53. The number of hydrogen-bond donors (Lipinski definition) is 2. The molecular formula is C17H27NO2. The van der Waals surface area contributed by atoms with Crippen LogP contribution in [0.15, 0.2) is 24.3 Å². The highest BCUT2D eigenvalue weighted by Gasteiger charge is 2.30. The monoisotopic (exact) mass is 277 g/mol. The third-order valence-electron chi connectivity index (χ3n) is 4.24. The van der Waals surface area contributed by atoms with Crippen molar-refractivity contribution in [2.24, 2.45) is 5.41 Å². The van der Waals surface area contributed by atoms with Gasteiger partial charge in [0.1, 0.15) is 5.75 Å². The fourth-order valence-corrected chi connectivity index (χ4v) is 2.87. The zero-order valence-corrected chi connectivity index (χ0v) is 12.5. The Hall–Kier alpha value is -1.22. The van der Waals surface area contributed by atoms with E-state index in [0.29, 0.717) is 0 Å². The Kier molecular flexibility index (Phi) is 5.72. The third-order valence-corrected chi connectivity index (χ3v) is 4.24. The number of nitrogens with one attached hydrogen (secondary N) is 1. The first-order valence-electron chi connectivity index (χ1n) is 7.86. The average Bonchev–Trinajstić information content (AvgIpc) is 2.53. The highest BCUT2D eigenvalue weighted by Crippen LogP contribution is 2.36. The minimum atomic E-state index is 0.0790. The first-order chi connectivity index (χ1) is 9.78. The van der Waals surface area contributed by atoms with Crippen molar-refractivity contribution < 1.29 is 9.84 Å². The quantitative estimate of drug-likeness (QED) is 0.796. The second-order valence-corrected chi connectivity index (χ2v) is 5.95. The van der Waals surface area contributed by atoms with Crippen LogP contribution >= 0.6 is 0 Å². The Labute approximate surface area is 122 Å². The van der Waals surface area contributed by atoms with Gasteiger partial charge in [-0.15, -0.1) is 0 Å². The number of benzene rings is 1. The lowest BCUT2D eigenvalue weighted by atomic mass is 9.74. The summed E-state index contributed by atoms with van der Waals surface area (Å²) in [6.07, 6.45) is 7.09.